The van der Waals surface area contributed by atoms with Crippen LogP contribution in [0.3, 0.4) is 0 Å². The van der Waals surface area contributed by atoms with Gasteiger partial charge in [0.25, 0.3) is 0 Å². The van der Waals surface area contributed by atoms with E-state index in [0.29, 0.717) is 12.5 Å². The lowest BCUT2D eigenvalue weighted by molar-refractivity contribution is -0.128. The third-order valence-electron chi connectivity index (χ3n) is 3.99. The van der Waals surface area contributed by atoms with E-state index in [-0.39, 0.29) is 12.1 Å². The summed E-state index contributed by atoms with van der Waals surface area (Å²) in [4.78, 5) is 14.1. The third kappa shape index (κ3) is 2.95. The molecule has 0 aliphatic carbocycles. The van der Waals surface area contributed by atoms with E-state index in [0.717, 1.165) is 6.54 Å². The Bertz CT molecular complexity index is 431. The van der Waals surface area contributed by atoms with Crippen molar-refractivity contribution in [1.82, 2.24) is 10.2 Å². The van der Waals surface area contributed by atoms with Crippen molar-refractivity contribution < 1.29 is 4.79 Å². The fraction of sp³-hybridized carbons (Fsp3) is 0.533. The molecule has 0 radical (unpaired) electrons. The Morgan fingerprint density at radius 1 is 1.21 bits per heavy atom. The number of carbonyl (C=O) groups is 1. The molecule has 2 heterocycles. The molecule has 1 unspecified atom stereocenters. The Morgan fingerprint density at radius 2 is 1.95 bits per heavy atom. The first kappa shape index (κ1) is 13.0. The van der Waals surface area contributed by atoms with E-state index in [4.69, 9.17) is 0 Å². The van der Waals surface area contributed by atoms with Gasteiger partial charge in [-0.2, -0.15) is 11.8 Å². The van der Waals surface area contributed by atoms with Crippen LogP contribution in [0.2, 0.25) is 0 Å². The topological polar surface area (TPSA) is 32.3 Å². The molecule has 0 saturated carbocycles. The Hall–Kier alpha value is -1.000. The molecule has 0 aromatic heterocycles. The summed E-state index contributed by atoms with van der Waals surface area (Å²) in [6.07, 6.45) is 2.56. The summed E-state index contributed by atoms with van der Waals surface area (Å²) in [5, 5.41) is 3.33. The first-order chi connectivity index (χ1) is 9.34. The summed E-state index contributed by atoms with van der Waals surface area (Å²) in [6.45, 7) is 1.38. The minimum absolute atomic E-state index is 0.0725. The summed E-state index contributed by atoms with van der Waals surface area (Å²) in [5.74, 6) is 3.41. The lowest BCUT2D eigenvalue weighted by Crippen LogP contribution is -2.35. The zero-order valence-electron chi connectivity index (χ0n) is 11.0. The van der Waals surface area contributed by atoms with Gasteiger partial charge >= 0.3 is 0 Å². The molecule has 1 amide bonds. The van der Waals surface area contributed by atoms with E-state index in [2.05, 4.69) is 17.4 Å². The molecule has 1 atom stereocenters. The largest absolute Gasteiger partial charge is 0.322 e. The molecule has 2 saturated heterocycles. The SMILES string of the molecule is O=C1CNC(c2ccccc2)N1CC1CCSCC1. The Balaban J connectivity index is 1.71. The van der Waals surface area contributed by atoms with Gasteiger partial charge in [-0.15, -0.1) is 0 Å². The highest BCUT2D eigenvalue weighted by atomic mass is 32.2. The van der Waals surface area contributed by atoms with E-state index >= 15 is 0 Å². The maximum atomic E-state index is 12.1. The summed E-state index contributed by atoms with van der Waals surface area (Å²) in [5.41, 5.74) is 1.19. The van der Waals surface area contributed by atoms with Gasteiger partial charge < -0.3 is 4.90 Å². The number of hydrogen-bond donors (Lipinski definition) is 1. The monoisotopic (exact) mass is 276 g/mol. The number of benzene rings is 1. The summed E-state index contributed by atoms with van der Waals surface area (Å²) in [6, 6.07) is 10.3. The van der Waals surface area contributed by atoms with E-state index < -0.39 is 0 Å². The molecule has 2 aliphatic rings. The highest BCUT2D eigenvalue weighted by Gasteiger charge is 2.33. The van der Waals surface area contributed by atoms with Gasteiger partial charge in [-0.05, 0) is 35.8 Å². The molecule has 102 valence electrons. The van der Waals surface area contributed by atoms with E-state index in [1.807, 2.05) is 34.9 Å². The number of rotatable bonds is 3. The molecule has 1 N–H and O–H groups in total. The van der Waals surface area contributed by atoms with Gasteiger partial charge in [-0.25, -0.2) is 0 Å². The van der Waals surface area contributed by atoms with Gasteiger partial charge in [0.1, 0.15) is 6.17 Å². The molecular formula is C15H20N2OS. The molecule has 4 heteroatoms. The highest BCUT2D eigenvalue weighted by molar-refractivity contribution is 7.99. The normalized spacial score (nSPS) is 24.9. The predicted octanol–water partition coefficient (Wildman–Crippen LogP) is 2.26. The molecule has 19 heavy (non-hydrogen) atoms. The molecule has 3 nitrogen and oxygen atoms in total. The molecule has 0 spiro atoms. The Labute approximate surface area is 118 Å². The Kier molecular flexibility index (Phi) is 4.09. The standard InChI is InChI=1S/C15H20N2OS/c18-14-10-16-15(13-4-2-1-3-5-13)17(14)11-12-6-8-19-9-7-12/h1-5,12,15-16H,6-11H2. The zero-order chi connectivity index (χ0) is 13.1. The van der Waals surface area contributed by atoms with Crippen LogP contribution in [0.5, 0.6) is 0 Å². The van der Waals surface area contributed by atoms with E-state index in [9.17, 15) is 4.79 Å². The molecule has 1 aromatic carbocycles. The number of hydrogen-bond acceptors (Lipinski definition) is 3. The molecule has 2 fully saturated rings. The van der Waals surface area contributed by atoms with Gasteiger partial charge in [0.05, 0.1) is 6.54 Å². The number of nitrogens with zero attached hydrogens (tertiary/aromatic N) is 1. The van der Waals surface area contributed by atoms with Crippen molar-refractivity contribution in [2.24, 2.45) is 5.92 Å². The minimum atomic E-state index is 0.0725. The van der Waals surface area contributed by atoms with Gasteiger partial charge in [0, 0.05) is 6.54 Å². The van der Waals surface area contributed by atoms with Crippen LogP contribution in [0.1, 0.15) is 24.6 Å². The number of thioether (sulfide) groups is 1. The van der Waals surface area contributed by atoms with Crippen LogP contribution in [0.15, 0.2) is 30.3 Å². The van der Waals surface area contributed by atoms with Crippen LogP contribution < -0.4 is 5.32 Å². The number of nitrogens with one attached hydrogen (secondary N) is 1. The van der Waals surface area contributed by atoms with Crippen molar-refractivity contribution in [2.45, 2.75) is 19.0 Å². The first-order valence-electron chi connectivity index (χ1n) is 7.00. The molecular weight excluding hydrogens is 256 g/mol. The summed E-state index contributed by atoms with van der Waals surface area (Å²) >= 11 is 2.04. The smallest absolute Gasteiger partial charge is 0.238 e. The molecule has 0 bridgehead atoms. The van der Waals surface area contributed by atoms with Crippen LogP contribution >= 0.6 is 11.8 Å². The van der Waals surface area contributed by atoms with Crippen molar-refractivity contribution in [3.63, 3.8) is 0 Å². The maximum absolute atomic E-state index is 12.1. The highest BCUT2D eigenvalue weighted by Crippen LogP contribution is 2.28. The number of amides is 1. The fourth-order valence-electron chi connectivity index (χ4n) is 2.89. The first-order valence-corrected chi connectivity index (χ1v) is 8.15. The van der Waals surface area contributed by atoms with Crippen molar-refractivity contribution in [3.05, 3.63) is 35.9 Å². The van der Waals surface area contributed by atoms with Crippen LogP contribution in [0.4, 0.5) is 0 Å². The lowest BCUT2D eigenvalue weighted by Gasteiger charge is -2.30. The number of carbonyl (C=O) groups excluding carboxylic acids is 1. The third-order valence-corrected chi connectivity index (χ3v) is 5.04. The van der Waals surface area contributed by atoms with Crippen molar-refractivity contribution in [1.29, 1.82) is 0 Å². The van der Waals surface area contributed by atoms with E-state index in [1.165, 1.54) is 29.9 Å². The van der Waals surface area contributed by atoms with Crippen molar-refractivity contribution in [3.8, 4) is 0 Å². The van der Waals surface area contributed by atoms with Crippen LogP contribution in [-0.2, 0) is 4.79 Å². The molecule has 1 aromatic rings. The maximum Gasteiger partial charge on any atom is 0.238 e. The van der Waals surface area contributed by atoms with Crippen LogP contribution in [0, 0.1) is 5.92 Å². The van der Waals surface area contributed by atoms with Gasteiger partial charge in [-0.1, -0.05) is 30.3 Å². The zero-order valence-corrected chi connectivity index (χ0v) is 11.9. The minimum Gasteiger partial charge on any atom is -0.322 e. The second-order valence-electron chi connectivity index (χ2n) is 5.30. The van der Waals surface area contributed by atoms with Crippen molar-refractivity contribution in [2.75, 3.05) is 24.6 Å². The van der Waals surface area contributed by atoms with Gasteiger partial charge in [0.15, 0.2) is 0 Å². The van der Waals surface area contributed by atoms with Crippen molar-refractivity contribution >= 4 is 17.7 Å². The van der Waals surface area contributed by atoms with Gasteiger partial charge in [0.2, 0.25) is 5.91 Å². The van der Waals surface area contributed by atoms with E-state index in [1.54, 1.807) is 0 Å². The average Bonchev–Trinajstić information content (AvgIpc) is 2.82. The Morgan fingerprint density at radius 3 is 2.68 bits per heavy atom. The summed E-state index contributed by atoms with van der Waals surface area (Å²) < 4.78 is 0. The predicted molar refractivity (Wildman–Crippen MR) is 78.9 cm³/mol. The van der Waals surface area contributed by atoms with Gasteiger partial charge in [-0.3, -0.25) is 10.1 Å². The van der Waals surface area contributed by atoms with Crippen LogP contribution in [0.25, 0.3) is 0 Å². The molecule has 2 aliphatic heterocycles. The lowest BCUT2D eigenvalue weighted by atomic mass is 10.0. The quantitative estimate of drug-likeness (QED) is 0.919. The summed E-state index contributed by atoms with van der Waals surface area (Å²) in [7, 11) is 0. The fourth-order valence-corrected chi connectivity index (χ4v) is 4.09. The van der Waals surface area contributed by atoms with Crippen LogP contribution in [-0.4, -0.2) is 35.4 Å². The second kappa shape index (κ2) is 5.97. The average molecular weight is 276 g/mol. The second-order valence-corrected chi connectivity index (χ2v) is 6.52. The molecule has 3 rings (SSSR count).